The maximum atomic E-state index is 13.4. The molecule has 1 aliphatic heterocycles. The van der Waals surface area contributed by atoms with Crippen LogP contribution < -0.4 is 0 Å². The Bertz CT molecular complexity index is 804. The second kappa shape index (κ2) is 6.71. The molecule has 1 aromatic heterocycles. The summed E-state index contributed by atoms with van der Waals surface area (Å²) < 4.78 is 16.0. The lowest BCUT2D eigenvalue weighted by atomic mass is 9.43. The fraction of sp³-hybridized carbons (Fsp3) is 0.667. The van der Waals surface area contributed by atoms with Gasteiger partial charge in [-0.3, -0.25) is 14.4 Å². The summed E-state index contributed by atoms with van der Waals surface area (Å²) in [4.78, 5) is 38.5. The standard InChI is InChI=1S/C21H25BrO6/c1-20-6-4-12-19(25)28-15(11-5-7-27-10-11)9-21(12,2)17(20)16(23)14(22)8-13(20)18(24)26-3/h5,7,10,12-15,17H,4,6,8-9H2,1-3H3/t12-,13-,14+,15-,17-,20-,21-/m0/s1. The van der Waals surface area contributed by atoms with Crippen LogP contribution >= 0.6 is 15.9 Å². The van der Waals surface area contributed by atoms with Crippen molar-refractivity contribution in [1.29, 1.82) is 0 Å². The molecule has 2 aliphatic carbocycles. The number of hydrogen-bond donors (Lipinski definition) is 0. The Morgan fingerprint density at radius 2 is 2.04 bits per heavy atom. The molecule has 4 rings (SSSR count). The Labute approximate surface area is 172 Å². The summed E-state index contributed by atoms with van der Waals surface area (Å²) in [6, 6.07) is 1.79. The Kier molecular flexibility index (Phi) is 4.72. The maximum absolute atomic E-state index is 13.4. The average Bonchev–Trinajstić information content (AvgIpc) is 3.18. The number of carbonyl (C=O) groups is 3. The predicted octanol–water partition coefficient (Wildman–Crippen LogP) is 3.83. The molecule has 0 unspecified atom stereocenters. The number of fused-ring (bicyclic) bond motifs is 3. The number of rotatable bonds is 2. The van der Waals surface area contributed by atoms with Gasteiger partial charge in [0, 0.05) is 11.5 Å². The van der Waals surface area contributed by atoms with Gasteiger partial charge in [0.05, 0.1) is 36.3 Å². The largest absolute Gasteiger partial charge is 0.472 e. The minimum Gasteiger partial charge on any atom is -0.472 e. The van der Waals surface area contributed by atoms with Crippen LogP contribution in [0.25, 0.3) is 0 Å². The van der Waals surface area contributed by atoms with Gasteiger partial charge in [-0.1, -0.05) is 29.8 Å². The van der Waals surface area contributed by atoms with Crippen LogP contribution in [0.1, 0.15) is 51.2 Å². The Morgan fingerprint density at radius 3 is 2.68 bits per heavy atom. The van der Waals surface area contributed by atoms with E-state index in [0.717, 1.165) is 5.56 Å². The minimum atomic E-state index is -0.597. The number of halogens is 1. The molecule has 1 aromatic rings. The van der Waals surface area contributed by atoms with Gasteiger partial charge >= 0.3 is 11.9 Å². The number of methoxy groups -OCH3 is 1. The number of cyclic esters (lactones) is 1. The number of Topliss-reactive ketones (excluding diaryl/α,β-unsaturated/α-hetero) is 1. The van der Waals surface area contributed by atoms with Crippen LogP contribution in [-0.2, 0) is 23.9 Å². The van der Waals surface area contributed by atoms with Crippen molar-refractivity contribution in [2.75, 3.05) is 7.11 Å². The summed E-state index contributed by atoms with van der Waals surface area (Å²) >= 11 is 3.50. The summed E-state index contributed by atoms with van der Waals surface area (Å²) in [6.45, 7) is 4.04. The first-order chi connectivity index (χ1) is 13.2. The van der Waals surface area contributed by atoms with Crippen LogP contribution in [0.2, 0.25) is 0 Å². The molecule has 0 bridgehead atoms. The van der Waals surface area contributed by atoms with E-state index in [1.807, 2.05) is 13.8 Å². The highest BCUT2D eigenvalue weighted by atomic mass is 79.9. The van der Waals surface area contributed by atoms with Gasteiger partial charge in [-0.05, 0) is 42.6 Å². The van der Waals surface area contributed by atoms with E-state index in [1.165, 1.54) is 7.11 Å². The van der Waals surface area contributed by atoms with Crippen LogP contribution in [-0.4, -0.2) is 29.7 Å². The molecule has 0 radical (unpaired) electrons. The maximum Gasteiger partial charge on any atom is 0.310 e. The highest BCUT2D eigenvalue weighted by Gasteiger charge is 2.67. The van der Waals surface area contributed by atoms with Gasteiger partial charge in [-0.25, -0.2) is 0 Å². The van der Waals surface area contributed by atoms with E-state index in [2.05, 4.69) is 15.9 Å². The van der Waals surface area contributed by atoms with Crippen molar-refractivity contribution in [3.8, 4) is 0 Å². The lowest BCUT2D eigenvalue weighted by Crippen LogP contribution is -2.63. The second-order valence-corrected chi connectivity index (χ2v) is 10.0. The monoisotopic (exact) mass is 452 g/mol. The van der Waals surface area contributed by atoms with Crippen molar-refractivity contribution in [2.45, 2.75) is 50.5 Å². The van der Waals surface area contributed by atoms with Gasteiger partial charge in [0.2, 0.25) is 0 Å². The molecule has 7 atom stereocenters. The fourth-order valence-corrected chi connectivity index (χ4v) is 6.78. The quantitative estimate of drug-likeness (QED) is 0.500. The zero-order chi connectivity index (χ0) is 20.3. The molecular formula is C21H25BrO6. The van der Waals surface area contributed by atoms with Crippen molar-refractivity contribution >= 4 is 33.7 Å². The Balaban J connectivity index is 1.79. The van der Waals surface area contributed by atoms with Crippen molar-refractivity contribution in [2.24, 2.45) is 28.6 Å². The van der Waals surface area contributed by atoms with E-state index < -0.39 is 27.7 Å². The van der Waals surface area contributed by atoms with Gasteiger partial charge in [0.25, 0.3) is 0 Å². The Hall–Kier alpha value is -1.63. The van der Waals surface area contributed by atoms with Crippen molar-refractivity contribution < 1.29 is 28.3 Å². The molecule has 3 aliphatic rings. The first-order valence-corrected chi connectivity index (χ1v) is 10.6. The predicted molar refractivity (Wildman–Crippen MR) is 102 cm³/mol. The molecule has 152 valence electrons. The molecule has 1 saturated heterocycles. The number of esters is 2. The molecule has 0 N–H and O–H groups in total. The number of alkyl halides is 1. The smallest absolute Gasteiger partial charge is 0.310 e. The van der Waals surface area contributed by atoms with Gasteiger partial charge in [0.1, 0.15) is 6.10 Å². The number of carbonyl (C=O) groups excluding carboxylic acids is 3. The summed E-state index contributed by atoms with van der Waals surface area (Å²) in [6.07, 6.45) is 4.86. The first kappa shape index (κ1) is 19.7. The molecule has 28 heavy (non-hydrogen) atoms. The molecular weight excluding hydrogens is 428 g/mol. The van der Waals surface area contributed by atoms with E-state index >= 15 is 0 Å². The van der Waals surface area contributed by atoms with Crippen LogP contribution in [0.5, 0.6) is 0 Å². The summed E-state index contributed by atoms with van der Waals surface area (Å²) in [7, 11) is 1.39. The molecule has 0 amide bonds. The number of hydrogen-bond acceptors (Lipinski definition) is 6. The van der Waals surface area contributed by atoms with E-state index in [4.69, 9.17) is 13.9 Å². The third kappa shape index (κ3) is 2.69. The van der Waals surface area contributed by atoms with Gasteiger partial charge in [-0.15, -0.1) is 0 Å². The molecule has 6 nitrogen and oxygen atoms in total. The highest BCUT2D eigenvalue weighted by Crippen LogP contribution is 2.65. The molecule has 0 aromatic carbocycles. The summed E-state index contributed by atoms with van der Waals surface area (Å²) in [5.41, 5.74) is -0.346. The lowest BCUT2D eigenvalue weighted by molar-refractivity contribution is -0.201. The normalized spacial score (nSPS) is 42.9. The average molecular weight is 453 g/mol. The van der Waals surface area contributed by atoms with E-state index in [1.54, 1.807) is 18.6 Å². The van der Waals surface area contributed by atoms with Gasteiger partial charge < -0.3 is 13.9 Å². The van der Waals surface area contributed by atoms with Crippen molar-refractivity contribution in [3.05, 3.63) is 24.2 Å². The fourth-order valence-electron chi connectivity index (χ4n) is 6.14. The molecule has 2 saturated carbocycles. The summed E-state index contributed by atoms with van der Waals surface area (Å²) in [5, 5.41) is 0. The Morgan fingerprint density at radius 1 is 1.29 bits per heavy atom. The van der Waals surface area contributed by atoms with Crippen LogP contribution in [0.3, 0.4) is 0 Å². The molecule has 0 spiro atoms. The number of ether oxygens (including phenoxy) is 2. The highest BCUT2D eigenvalue weighted by molar-refractivity contribution is 9.10. The minimum absolute atomic E-state index is 0.0792. The van der Waals surface area contributed by atoms with Crippen LogP contribution in [0.4, 0.5) is 0 Å². The number of furan rings is 1. The van der Waals surface area contributed by atoms with Crippen LogP contribution in [0.15, 0.2) is 23.0 Å². The topological polar surface area (TPSA) is 82.8 Å². The van der Waals surface area contributed by atoms with Crippen LogP contribution in [0, 0.1) is 28.6 Å². The zero-order valence-electron chi connectivity index (χ0n) is 16.3. The second-order valence-electron chi connectivity index (χ2n) is 8.90. The van der Waals surface area contributed by atoms with Crippen molar-refractivity contribution in [1.82, 2.24) is 0 Å². The first-order valence-electron chi connectivity index (χ1n) is 9.70. The third-order valence-electron chi connectivity index (χ3n) is 7.49. The van der Waals surface area contributed by atoms with Crippen molar-refractivity contribution in [3.63, 3.8) is 0 Å². The lowest BCUT2D eigenvalue weighted by Gasteiger charge is -2.60. The molecule has 2 heterocycles. The van der Waals surface area contributed by atoms with E-state index in [-0.39, 0.29) is 29.6 Å². The SMILES string of the molecule is COC(=O)[C@@H]1C[C@@H](Br)C(=O)[C@H]2[C@@]1(C)CC[C@H]1C(=O)O[C@H](c3ccoc3)C[C@]21C. The third-order valence-corrected chi connectivity index (χ3v) is 8.31. The molecule has 7 heteroatoms. The van der Waals surface area contributed by atoms with E-state index in [9.17, 15) is 14.4 Å². The number of ketones is 1. The molecule has 3 fully saturated rings. The van der Waals surface area contributed by atoms with E-state index in [0.29, 0.717) is 25.7 Å². The zero-order valence-corrected chi connectivity index (χ0v) is 17.9. The van der Waals surface area contributed by atoms with Gasteiger partial charge in [-0.2, -0.15) is 0 Å². The van der Waals surface area contributed by atoms with Gasteiger partial charge in [0.15, 0.2) is 5.78 Å². The summed E-state index contributed by atoms with van der Waals surface area (Å²) in [5.74, 6) is -1.63.